The number of sulfonamides is 1. The molecule has 2 aromatic carbocycles. The van der Waals surface area contributed by atoms with Crippen LogP contribution in [0.3, 0.4) is 0 Å². The molecule has 0 bridgehead atoms. The molecular formula is C24H32N2O4S. The molecule has 0 spiro atoms. The first-order valence-electron chi connectivity index (χ1n) is 10.7. The number of para-hydroxylation sites is 1. The van der Waals surface area contributed by atoms with Crippen LogP contribution in [0.15, 0.2) is 48.5 Å². The largest absolute Gasteiger partial charge is 0.487 e. The average Bonchev–Trinajstić information content (AvgIpc) is 2.74. The van der Waals surface area contributed by atoms with Gasteiger partial charge in [-0.2, -0.15) is 0 Å². The van der Waals surface area contributed by atoms with E-state index in [9.17, 15) is 13.2 Å². The highest BCUT2D eigenvalue weighted by atomic mass is 32.2. The Labute approximate surface area is 185 Å². The molecule has 0 fully saturated rings. The van der Waals surface area contributed by atoms with Gasteiger partial charge in [0.2, 0.25) is 15.9 Å². The van der Waals surface area contributed by atoms with E-state index in [0.29, 0.717) is 12.1 Å². The summed E-state index contributed by atoms with van der Waals surface area (Å²) in [6, 6.07) is 13.7. The average molecular weight is 445 g/mol. The number of carbonyl (C=O) groups excluding carboxylic acids is 1. The summed E-state index contributed by atoms with van der Waals surface area (Å²) >= 11 is 0. The van der Waals surface area contributed by atoms with Crippen LogP contribution in [0.1, 0.15) is 57.2 Å². The maximum absolute atomic E-state index is 13.3. The Balaban J connectivity index is 1.90. The number of carbonyl (C=O) groups is 1. The molecule has 1 N–H and O–H groups in total. The smallest absolute Gasteiger partial charge is 0.244 e. The Morgan fingerprint density at radius 3 is 2.35 bits per heavy atom. The van der Waals surface area contributed by atoms with E-state index in [4.69, 9.17) is 4.74 Å². The molecule has 31 heavy (non-hydrogen) atoms. The lowest BCUT2D eigenvalue weighted by Crippen LogP contribution is -2.51. The third kappa shape index (κ3) is 4.87. The van der Waals surface area contributed by atoms with Gasteiger partial charge in [-0.25, -0.2) is 8.42 Å². The van der Waals surface area contributed by atoms with Crippen LogP contribution < -0.4 is 14.4 Å². The molecule has 7 heteroatoms. The van der Waals surface area contributed by atoms with Crippen molar-refractivity contribution in [1.82, 2.24) is 5.32 Å². The lowest BCUT2D eigenvalue weighted by atomic mass is 9.83. The van der Waals surface area contributed by atoms with Gasteiger partial charge in [0.25, 0.3) is 0 Å². The van der Waals surface area contributed by atoms with E-state index >= 15 is 0 Å². The molecule has 3 rings (SSSR count). The number of aryl methyl sites for hydroxylation is 1. The molecule has 6 nitrogen and oxygen atoms in total. The monoisotopic (exact) mass is 444 g/mol. The number of amides is 1. The first-order valence-corrected chi connectivity index (χ1v) is 12.6. The van der Waals surface area contributed by atoms with Crippen LogP contribution in [0, 0.1) is 6.92 Å². The second-order valence-corrected chi connectivity index (χ2v) is 10.2. The van der Waals surface area contributed by atoms with Crippen molar-refractivity contribution in [1.29, 1.82) is 0 Å². The zero-order valence-corrected chi connectivity index (χ0v) is 19.7. The maximum atomic E-state index is 13.3. The minimum absolute atomic E-state index is 0.251. The minimum Gasteiger partial charge on any atom is -0.487 e. The highest BCUT2D eigenvalue weighted by molar-refractivity contribution is 7.92. The third-order valence-electron chi connectivity index (χ3n) is 6.18. The van der Waals surface area contributed by atoms with Gasteiger partial charge in [-0.1, -0.05) is 49.7 Å². The standard InChI is InChI=1S/C24H32N2O4S/c1-6-24(7-2)16-21(20-10-8-9-11-22(20)30-24)25-23(27)18(4)26(31(5,28)29)19-14-12-17(3)13-15-19/h8-15,18,21H,6-7,16H2,1-5H3,(H,25,27). The second-order valence-electron chi connectivity index (χ2n) is 8.37. The first kappa shape index (κ1) is 23.1. The third-order valence-corrected chi connectivity index (χ3v) is 7.42. The van der Waals surface area contributed by atoms with Crippen molar-refractivity contribution in [2.24, 2.45) is 0 Å². The van der Waals surface area contributed by atoms with Crippen LogP contribution in [0.2, 0.25) is 0 Å². The van der Waals surface area contributed by atoms with Crippen molar-refractivity contribution in [2.45, 2.75) is 64.6 Å². The summed E-state index contributed by atoms with van der Waals surface area (Å²) in [6.07, 6.45) is 3.40. The molecule has 0 saturated heterocycles. The fraction of sp³-hybridized carbons (Fsp3) is 0.458. The van der Waals surface area contributed by atoms with Crippen LogP contribution >= 0.6 is 0 Å². The number of benzene rings is 2. The van der Waals surface area contributed by atoms with E-state index in [1.54, 1.807) is 19.1 Å². The van der Waals surface area contributed by atoms with Gasteiger partial charge in [-0.05, 0) is 44.9 Å². The number of ether oxygens (including phenoxy) is 1. The number of anilines is 1. The summed E-state index contributed by atoms with van der Waals surface area (Å²) in [4.78, 5) is 13.3. The van der Waals surface area contributed by atoms with Gasteiger partial charge >= 0.3 is 0 Å². The summed E-state index contributed by atoms with van der Waals surface area (Å²) in [5.41, 5.74) is 2.05. The van der Waals surface area contributed by atoms with Crippen molar-refractivity contribution >= 4 is 21.6 Å². The molecule has 1 aliphatic heterocycles. The highest BCUT2D eigenvalue weighted by Gasteiger charge is 2.40. The topological polar surface area (TPSA) is 75.7 Å². The van der Waals surface area contributed by atoms with Crippen molar-refractivity contribution in [3.8, 4) is 5.75 Å². The summed E-state index contributed by atoms with van der Waals surface area (Å²) in [5, 5.41) is 3.11. The number of hydrogen-bond acceptors (Lipinski definition) is 4. The number of hydrogen-bond donors (Lipinski definition) is 1. The molecule has 1 heterocycles. The Hall–Kier alpha value is -2.54. The normalized spacial score (nSPS) is 18.4. The van der Waals surface area contributed by atoms with Gasteiger partial charge in [0.1, 0.15) is 17.4 Å². The van der Waals surface area contributed by atoms with Crippen LogP contribution in [-0.4, -0.2) is 32.2 Å². The SMILES string of the molecule is CCC1(CC)CC(NC(=O)C(C)N(c2ccc(C)cc2)S(C)(=O)=O)c2ccccc2O1. The first-order chi connectivity index (χ1) is 14.6. The van der Waals surface area contributed by atoms with Crippen molar-refractivity contribution in [3.05, 3.63) is 59.7 Å². The molecule has 1 aliphatic rings. The quantitative estimate of drug-likeness (QED) is 0.689. The van der Waals surface area contributed by atoms with Crippen LogP contribution in [0.25, 0.3) is 0 Å². The molecule has 0 aliphatic carbocycles. The summed E-state index contributed by atoms with van der Waals surface area (Å²) in [7, 11) is -3.66. The van der Waals surface area contributed by atoms with E-state index in [1.807, 2.05) is 43.3 Å². The van der Waals surface area contributed by atoms with E-state index in [2.05, 4.69) is 19.2 Å². The lowest BCUT2D eigenvalue weighted by molar-refractivity contribution is -0.123. The van der Waals surface area contributed by atoms with Crippen LogP contribution in [0.5, 0.6) is 5.75 Å². The number of nitrogens with zero attached hydrogens (tertiary/aromatic N) is 1. The van der Waals surface area contributed by atoms with Crippen molar-refractivity contribution < 1.29 is 17.9 Å². The molecule has 2 unspecified atom stereocenters. The Morgan fingerprint density at radius 1 is 1.16 bits per heavy atom. The molecular weight excluding hydrogens is 412 g/mol. The Bertz CT molecular complexity index is 1030. The summed E-state index contributed by atoms with van der Waals surface area (Å²) in [6.45, 7) is 7.72. The highest BCUT2D eigenvalue weighted by Crippen LogP contribution is 2.42. The van der Waals surface area contributed by atoms with Gasteiger partial charge in [0.05, 0.1) is 18.0 Å². The van der Waals surface area contributed by atoms with Gasteiger partial charge < -0.3 is 10.1 Å². The van der Waals surface area contributed by atoms with Crippen LogP contribution in [0.4, 0.5) is 5.69 Å². The van der Waals surface area contributed by atoms with E-state index in [0.717, 1.165) is 36.0 Å². The Kier molecular flexibility index (Phi) is 6.65. The Morgan fingerprint density at radius 2 is 1.77 bits per heavy atom. The number of nitrogens with one attached hydrogen (secondary N) is 1. The fourth-order valence-electron chi connectivity index (χ4n) is 4.22. The maximum Gasteiger partial charge on any atom is 0.244 e. The van der Waals surface area contributed by atoms with Crippen molar-refractivity contribution in [2.75, 3.05) is 10.6 Å². The summed E-state index contributed by atoms with van der Waals surface area (Å²) < 4.78 is 32.6. The predicted molar refractivity (Wildman–Crippen MR) is 124 cm³/mol. The molecule has 0 aromatic heterocycles. The second kappa shape index (κ2) is 8.91. The van der Waals surface area contributed by atoms with Crippen LogP contribution in [-0.2, 0) is 14.8 Å². The van der Waals surface area contributed by atoms with E-state index in [-0.39, 0.29) is 17.6 Å². The molecule has 168 valence electrons. The number of rotatable bonds is 7. The van der Waals surface area contributed by atoms with Crippen molar-refractivity contribution in [3.63, 3.8) is 0 Å². The molecule has 0 radical (unpaired) electrons. The zero-order valence-electron chi connectivity index (χ0n) is 18.9. The molecule has 2 aromatic rings. The van der Waals surface area contributed by atoms with Gasteiger partial charge in [-0.15, -0.1) is 0 Å². The predicted octanol–water partition coefficient (Wildman–Crippen LogP) is 4.35. The van der Waals surface area contributed by atoms with Gasteiger partial charge in [0.15, 0.2) is 0 Å². The molecule has 1 amide bonds. The summed E-state index contributed by atoms with van der Waals surface area (Å²) in [5.74, 6) is 0.433. The van der Waals surface area contributed by atoms with E-state index < -0.39 is 16.1 Å². The molecule has 2 atom stereocenters. The molecule has 0 saturated carbocycles. The van der Waals surface area contributed by atoms with E-state index in [1.165, 1.54) is 4.31 Å². The zero-order chi connectivity index (χ0) is 22.8. The minimum atomic E-state index is -3.66. The number of fused-ring (bicyclic) bond motifs is 1. The van der Waals surface area contributed by atoms with Gasteiger partial charge in [0, 0.05) is 12.0 Å². The van der Waals surface area contributed by atoms with Gasteiger partial charge in [-0.3, -0.25) is 9.10 Å². The lowest BCUT2D eigenvalue weighted by Gasteiger charge is -2.42. The fourth-order valence-corrected chi connectivity index (χ4v) is 5.40.